The lowest BCUT2D eigenvalue weighted by Gasteiger charge is -2.16. The van der Waals surface area contributed by atoms with E-state index in [4.69, 9.17) is 4.74 Å². The van der Waals surface area contributed by atoms with E-state index in [1.54, 1.807) is 0 Å². The van der Waals surface area contributed by atoms with Gasteiger partial charge in [-0.1, -0.05) is 42.5 Å². The van der Waals surface area contributed by atoms with Crippen molar-refractivity contribution in [3.63, 3.8) is 0 Å². The van der Waals surface area contributed by atoms with Crippen LogP contribution in [0.1, 0.15) is 42.9 Å². The van der Waals surface area contributed by atoms with Crippen LogP contribution < -0.4 is 10.1 Å². The topological polar surface area (TPSA) is 41.6 Å². The molecule has 2 aromatic carbocycles. The zero-order chi connectivity index (χ0) is 18.9. The van der Waals surface area contributed by atoms with Gasteiger partial charge in [-0.25, -0.2) is 0 Å². The van der Waals surface area contributed by atoms with Crippen LogP contribution in [0, 0.1) is 0 Å². The summed E-state index contributed by atoms with van der Waals surface area (Å²) in [7, 11) is 0. The van der Waals surface area contributed by atoms with Crippen LogP contribution in [0.4, 0.5) is 0 Å². The lowest BCUT2D eigenvalue weighted by Crippen LogP contribution is -2.35. The fourth-order valence-electron chi connectivity index (χ4n) is 4.21. The average Bonchev–Trinajstić information content (AvgIpc) is 3.22. The van der Waals surface area contributed by atoms with Gasteiger partial charge < -0.3 is 10.1 Å². The molecule has 4 rings (SSSR count). The molecule has 0 radical (unpaired) electrons. The summed E-state index contributed by atoms with van der Waals surface area (Å²) in [4.78, 5) is 14.6. The van der Waals surface area contributed by atoms with E-state index in [9.17, 15) is 4.79 Å². The molecule has 1 unspecified atom stereocenters. The highest BCUT2D eigenvalue weighted by Gasteiger charge is 2.30. The number of nitrogens with one attached hydrogen (secondary N) is 1. The minimum Gasteiger partial charge on any atom is -0.487 e. The first kappa shape index (κ1) is 18.1. The molecule has 0 spiro atoms. The molecule has 27 heavy (non-hydrogen) atoms. The Kier molecular flexibility index (Phi) is 4.92. The second-order valence-electron chi connectivity index (χ2n) is 8.39. The lowest BCUT2D eigenvalue weighted by molar-refractivity contribution is -0.122. The Labute approximate surface area is 161 Å². The first-order chi connectivity index (χ1) is 13.0. The van der Waals surface area contributed by atoms with Crippen LogP contribution >= 0.6 is 0 Å². The Bertz CT molecular complexity index is 816. The molecule has 1 N–H and O–H groups in total. The number of benzene rings is 2. The van der Waals surface area contributed by atoms with Crippen molar-refractivity contribution >= 4 is 5.91 Å². The molecule has 2 aliphatic heterocycles. The predicted octanol–water partition coefficient (Wildman–Crippen LogP) is 3.51. The SMILES string of the molecule is CC1(C)Cc2cc(CNC(=O)CN3CCC(c4ccccc4)C3)ccc2O1. The summed E-state index contributed by atoms with van der Waals surface area (Å²) in [6.45, 7) is 7.20. The molecule has 2 aliphatic rings. The van der Waals surface area contributed by atoms with Crippen molar-refractivity contribution < 1.29 is 9.53 Å². The molecule has 4 nitrogen and oxygen atoms in total. The van der Waals surface area contributed by atoms with Gasteiger partial charge in [-0.3, -0.25) is 9.69 Å². The molecule has 1 saturated heterocycles. The number of hydrogen-bond acceptors (Lipinski definition) is 3. The van der Waals surface area contributed by atoms with Crippen molar-refractivity contribution in [2.24, 2.45) is 0 Å². The fraction of sp³-hybridized carbons (Fsp3) is 0.435. The largest absolute Gasteiger partial charge is 0.487 e. The van der Waals surface area contributed by atoms with E-state index in [1.807, 2.05) is 12.1 Å². The van der Waals surface area contributed by atoms with Crippen LogP contribution in [0.2, 0.25) is 0 Å². The van der Waals surface area contributed by atoms with Gasteiger partial charge >= 0.3 is 0 Å². The number of nitrogens with zero attached hydrogens (tertiary/aromatic N) is 1. The second-order valence-corrected chi connectivity index (χ2v) is 8.39. The summed E-state index contributed by atoms with van der Waals surface area (Å²) in [5.41, 5.74) is 3.61. The van der Waals surface area contributed by atoms with E-state index in [-0.39, 0.29) is 11.5 Å². The first-order valence-corrected chi connectivity index (χ1v) is 9.83. The zero-order valence-corrected chi connectivity index (χ0v) is 16.2. The Morgan fingerprint density at radius 3 is 2.85 bits per heavy atom. The molecule has 0 aliphatic carbocycles. The number of fused-ring (bicyclic) bond motifs is 1. The molecular formula is C23H28N2O2. The molecule has 2 aromatic rings. The van der Waals surface area contributed by atoms with Gasteiger partial charge in [0.05, 0.1) is 6.54 Å². The Hall–Kier alpha value is -2.33. The van der Waals surface area contributed by atoms with Gasteiger partial charge in [0.15, 0.2) is 0 Å². The van der Waals surface area contributed by atoms with Gasteiger partial charge in [0.1, 0.15) is 11.4 Å². The van der Waals surface area contributed by atoms with Gasteiger partial charge in [0.25, 0.3) is 0 Å². The molecule has 1 atom stereocenters. The molecule has 0 saturated carbocycles. The van der Waals surface area contributed by atoms with E-state index < -0.39 is 0 Å². The maximum absolute atomic E-state index is 12.4. The van der Waals surface area contributed by atoms with Crippen LogP contribution in [0.3, 0.4) is 0 Å². The number of likely N-dealkylation sites (tertiary alicyclic amines) is 1. The summed E-state index contributed by atoms with van der Waals surface area (Å²) < 4.78 is 5.92. The summed E-state index contributed by atoms with van der Waals surface area (Å²) in [5.74, 6) is 1.61. The molecule has 0 bridgehead atoms. The minimum absolute atomic E-state index is 0.0980. The third-order valence-electron chi connectivity index (χ3n) is 5.53. The Balaban J connectivity index is 1.26. The Morgan fingerprint density at radius 1 is 1.22 bits per heavy atom. The highest BCUT2D eigenvalue weighted by Crippen LogP contribution is 2.35. The van der Waals surface area contributed by atoms with Crippen LogP contribution in [0.25, 0.3) is 0 Å². The van der Waals surface area contributed by atoms with Gasteiger partial charge in [0, 0.05) is 19.5 Å². The second kappa shape index (κ2) is 7.35. The molecule has 2 heterocycles. The third-order valence-corrected chi connectivity index (χ3v) is 5.53. The molecular weight excluding hydrogens is 336 g/mol. The monoisotopic (exact) mass is 364 g/mol. The maximum Gasteiger partial charge on any atom is 0.234 e. The third kappa shape index (κ3) is 4.33. The normalized spacial score (nSPS) is 20.9. The summed E-state index contributed by atoms with van der Waals surface area (Å²) in [6, 6.07) is 16.8. The molecule has 142 valence electrons. The zero-order valence-electron chi connectivity index (χ0n) is 16.2. The average molecular weight is 364 g/mol. The van der Waals surface area contributed by atoms with Crippen molar-refractivity contribution in [3.05, 3.63) is 65.2 Å². The molecule has 0 aromatic heterocycles. The summed E-state index contributed by atoms with van der Waals surface area (Å²) in [6.07, 6.45) is 2.04. The van der Waals surface area contributed by atoms with Crippen molar-refractivity contribution in [2.75, 3.05) is 19.6 Å². The number of amides is 1. The standard InChI is InChI=1S/C23H28N2O2/c1-23(2)13-20-12-17(8-9-21(20)27-23)14-24-22(26)16-25-11-10-19(15-25)18-6-4-3-5-7-18/h3-9,12,19H,10-11,13-16H2,1-2H3,(H,24,26). The summed E-state index contributed by atoms with van der Waals surface area (Å²) >= 11 is 0. The van der Waals surface area contributed by atoms with Gasteiger partial charge in [-0.05, 0) is 55.5 Å². The Morgan fingerprint density at radius 2 is 2.04 bits per heavy atom. The number of hydrogen-bond donors (Lipinski definition) is 1. The molecule has 4 heteroatoms. The fourth-order valence-corrected chi connectivity index (χ4v) is 4.21. The summed E-state index contributed by atoms with van der Waals surface area (Å²) in [5, 5.41) is 3.07. The van der Waals surface area contributed by atoms with Crippen LogP contribution in [-0.4, -0.2) is 36.0 Å². The number of carbonyl (C=O) groups is 1. The lowest BCUT2D eigenvalue weighted by atomic mass is 9.99. The van der Waals surface area contributed by atoms with E-state index in [2.05, 4.69) is 60.5 Å². The van der Waals surface area contributed by atoms with Crippen molar-refractivity contribution in [1.29, 1.82) is 0 Å². The quantitative estimate of drug-likeness (QED) is 0.883. The predicted molar refractivity (Wildman–Crippen MR) is 107 cm³/mol. The highest BCUT2D eigenvalue weighted by molar-refractivity contribution is 5.78. The van der Waals surface area contributed by atoms with Gasteiger partial charge in [-0.2, -0.15) is 0 Å². The first-order valence-electron chi connectivity index (χ1n) is 9.83. The van der Waals surface area contributed by atoms with Crippen LogP contribution in [-0.2, 0) is 17.8 Å². The van der Waals surface area contributed by atoms with E-state index in [0.717, 1.165) is 37.2 Å². The highest BCUT2D eigenvalue weighted by atomic mass is 16.5. The van der Waals surface area contributed by atoms with Crippen LogP contribution in [0.15, 0.2) is 48.5 Å². The van der Waals surface area contributed by atoms with E-state index in [0.29, 0.717) is 19.0 Å². The smallest absolute Gasteiger partial charge is 0.234 e. The van der Waals surface area contributed by atoms with Gasteiger partial charge in [0.2, 0.25) is 5.91 Å². The minimum atomic E-state index is -0.130. The van der Waals surface area contributed by atoms with E-state index >= 15 is 0 Å². The van der Waals surface area contributed by atoms with Gasteiger partial charge in [-0.15, -0.1) is 0 Å². The van der Waals surface area contributed by atoms with Crippen molar-refractivity contribution in [1.82, 2.24) is 10.2 Å². The number of rotatable bonds is 5. The van der Waals surface area contributed by atoms with E-state index in [1.165, 1.54) is 11.1 Å². The molecule has 1 fully saturated rings. The number of ether oxygens (including phenoxy) is 1. The van der Waals surface area contributed by atoms with Crippen molar-refractivity contribution in [2.45, 2.75) is 44.8 Å². The maximum atomic E-state index is 12.4. The van der Waals surface area contributed by atoms with Crippen LogP contribution in [0.5, 0.6) is 5.75 Å². The molecule has 1 amide bonds. The number of carbonyl (C=O) groups excluding carboxylic acids is 1. The van der Waals surface area contributed by atoms with Crippen molar-refractivity contribution in [3.8, 4) is 5.75 Å².